The summed E-state index contributed by atoms with van der Waals surface area (Å²) in [6, 6.07) is 7.24. The third-order valence-electron chi connectivity index (χ3n) is 4.60. The maximum Gasteiger partial charge on any atom is 0.339 e. The molecule has 0 saturated heterocycles. The van der Waals surface area contributed by atoms with Crippen LogP contribution >= 0.6 is 0 Å². The summed E-state index contributed by atoms with van der Waals surface area (Å²) >= 11 is 0. The fourth-order valence-electron chi connectivity index (χ4n) is 3.22. The van der Waals surface area contributed by atoms with Crippen molar-refractivity contribution in [3.8, 4) is 0 Å². The quantitative estimate of drug-likeness (QED) is 0.447. The normalized spacial score (nSPS) is 12.0. The molecule has 3 aromatic rings. The molecule has 28 heavy (non-hydrogen) atoms. The van der Waals surface area contributed by atoms with Crippen molar-refractivity contribution in [1.29, 1.82) is 0 Å². The highest BCUT2D eigenvalue weighted by Gasteiger charge is 2.25. The number of amides is 1. The predicted octanol–water partition coefficient (Wildman–Crippen LogP) is 2.61. The number of hydrogen-bond acceptors (Lipinski definition) is 5. The van der Waals surface area contributed by atoms with E-state index in [2.05, 4.69) is 20.3 Å². The van der Waals surface area contributed by atoms with Gasteiger partial charge in [0.15, 0.2) is 5.78 Å². The number of aromatic nitrogens is 3. The number of carbonyl (C=O) groups excluding carboxylic acids is 3. The second-order valence-corrected chi connectivity index (χ2v) is 6.63. The van der Waals surface area contributed by atoms with Crippen LogP contribution in [0.5, 0.6) is 0 Å². The predicted molar refractivity (Wildman–Crippen MR) is 103 cm³/mol. The van der Waals surface area contributed by atoms with E-state index in [-0.39, 0.29) is 29.7 Å². The summed E-state index contributed by atoms with van der Waals surface area (Å²) < 4.78 is 4.80. The van der Waals surface area contributed by atoms with Crippen LogP contribution in [0.25, 0.3) is 11.0 Å². The summed E-state index contributed by atoms with van der Waals surface area (Å²) in [7, 11) is 1.26. The van der Waals surface area contributed by atoms with Crippen LogP contribution in [0.15, 0.2) is 24.3 Å². The van der Waals surface area contributed by atoms with E-state index >= 15 is 0 Å². The third kappa shape index (κ3) is 3.66. The Bertz CT molecular complexity index is 1030. The number of rotatable bonds is 6. The Morgan fingerprint density at radius 3 is 2.57 bits per heavy atom. The summed E-state index contributed by atoms with van der Waals surface area (Å²) in [5.41, 5.74) is 3.06. The average molecular weight is 382 g/mol. The number of carbonyl (C=O) groups is 3. The number of imidazole rings is 1. The van der Waals surface area contributed by atoms with E-state index in [1.165, 1.54) is 14.0 Å². The summed E-state index contributed by atoms with van der Waals surface area (Å²) in [6.45, 7) is 4.86. The number of hydrogen-bond donors (Lipinski definition) is 3. The third-order valence-corrected chi connectivity index (χ3v) is 4.60. The lowest BCUT2D eigenvalue weighted by Gasteiger charge is -2.11. The molecule has 2 heterocycles. The molecule has 0 aliphatic rings. The van der Waals surface area contributed by atoms with E-state index in [0.29, 0.717) is 22.8 Å². The zero-order chi connectivity index (χ0) is 20.4. The maximum absolute atomic E-state index is 12.6. The minimum Gasteiger partial charge on any atom is -0.465 e. The Kier molecular flexibility index (Phi) is 5.30. The number of H-pyrrole nitrogens is 2. The molecule has 1 unspecified atom stereocenters. The molecule has 3 rings (SSSR count). The molecule has 0 saturated carbocycles. The van der Waals surface area contributed by atoms with Crippen molar-refractivity contribution >= 4 is 28.7 Å². The monoisotopic (exact) mass is 382 g/mol. The highest BCUT2D eigenvalue weighted by atomic mass is 16.5. The van der Waals surface area contributed by atoms with Gasteiger partial charge in [-0.2, -0.15) is 0 Å². The van der Waals surface area contributed by atoms with Gasteiger partial charge >= 0.3 is 5.97 Å². The highest BCUT2D eigenvalue weighted by molar-refractivity contribution is 6.01. The largest absolute Gasteiger partial charge is 0.465 e. The van der Waals surface area contributed by atoms with Crippen molar-refractivity contribution in [3.05, 3.63) is 52.6 Å². The van der Waals surface area contributed by atoms with Gasteiger partial charge in [-0.25, -0.2) is 9.78 Å². The van der Waals surface area contributed by atoms with Crippen molar-refractivity contribution in [2.24, 2.45) is 0 Å². The summed E-state index contributed by atoms with van der Waals surface area (Å²) in [5, 5.41) is 2.86. The van der Waals surface area contributed by atoms with Crippen LogP contribution in [0.3, 0.4) is 0 Å². The molecule has 3 N–H and O–H groups in total. The lowest BCUT2D eigenvalue weighted by molar-refractivity contribution is -0.121. The molecule has 146 valence electrons. The first kappa shape index (κ1) is 19.3. The Balaban J connectivity index is 1.79. The first-order valence-electron chi connectivity index (χ1n) is 8.86. The van der Waals surface area contributed by atoms with E-state index < -0.39 is 5.97 Å². The van der Waals surface area contributed by atoms with Crippen LogP contribution in [-0.4, -0.2) is 39.7 Å². The number of benzene rings is 1. The SMILES string of the molecule is COC(=O)c1c(CC(=O)NC(C)c2nc3ccccc3[nH]2)[nH]c(C(C)=O)c1C. The van der Waals surface area contributed by atoms with E-state index in [9.17, 15) is 14.4 Å². The maximum atomic E-state index is 12.6. The van der Waals surface area contributed by atoms with Gasteiger partial charge < -0.3 is 20.0 Å². The van der Waals surface area contributed by atoms with E-state index in [1.807, 2.05) is 31.2 Å². The summed E-state index contributed by atoms with van der Waals surface area (Å²) in [5.74, 6) is -0.483. The zero-order valence-corrected chi connectivity index (χ0v) is 16.2. The van der Waals surface area contributed by atoms with Crippen LogP contribution < -0.4 is 5.32 Å². The van der Waals surface area contributed by atoms with Crippen molar-refractivity contribution < 1.29 is 19.1 Å². The lowest BCUT2D eigenvalue weighted by Crippen LogP contribution is -2.29. The van der Waals surface area contributed by atoms with Gasteiger partial charge in [-0.15, -0.1) is 0 Å². The van der Waals surface area contributed by atoms with E-state index in [1.54, 1.807) is 6.92 Å². The molecule has 0 aliphatic heterocycles. The van der Waals surface area contributed by atoms with Crippen molar-refractivity contribution in [2.75, 3.05) is 7.11 Å². The molecule has 1 aromatic carbocycles. The van der Waals surface area contributed by atoms with Gasteiger partial charge in [0.05, 0.1) is 41.9 Å². The van der Waals surface area contributed by atoms with Gasteiger partial charge in [-0.05, 0) is 31.5 Å². The Hall–Kier alpha value is -3.42. The van der Waals surface area contributed by atoms with Crippen molar-refractivity contribution in [3.63, 3.8) is 0 Å². The number of nitrogens with one attached hydrogen (secondary N) is 3. The van der Waals surface area contributed by atoms with Gasteiger partial charge in [0.1, 0.15) is 5.82 Å². The molecule has 0 radical (unpaired) electrons. The van der Waals surface area contributed by atoms with Crippen LogP contribution in [-0.2, 0) is 16.0 Å². The first-order valence-corrected chi connectivity index (χ1v) is 8.86. The number of Topliss-reactive ketones (excluding diaryl/α,β-unsaturated/α-hetero) is 1. The number of ether oxygens (including phenoxy) is 1. The second-order valence-electron chi connectivity index (χ2n) is 6.63. The molecular formula is C20H22N4O4. The minimum atomic E-state index is -0.589. The fourth-order valence-corrected chi connectivity index (χ4v) is 3.22. The molecule has 2 aromatic heterocycles. The van der Waals surface area contributed by atoms with Crippen molar-refractivity contribution in [1.82, 2.24) is 20.3 Å². The van der Waals surface area contributed by atoms with Crippen LogP contribution in [0, 0.1) is 6.92 Å². The molecule has 0 bridgehead atoms. The molecule has 8 nitrogen and oxygen atoms in total. The number of nitrogens with zero attached hydrogens (tertiary/aromatic N) is 1. The Labute approximate surface area is 161 Å². The second kappa shape index (κ2) is 7.67. The molecule has 1 amide bonds. The molecule has 0 fully saturated rings. The molecule has 8 heteroatoms. The highest BCUT2D eigenvalue weighted by Crippen LogP contribution is 2.21. The topological polar surface area (TPSA) is 117 Å². The number of para-hydroxylation sites is 2. The van der Waals surface area contributed by atoms with Crippen LogP contribution in [0.2, 0.25) is 0 Å². The zero-order valence-electron chi connectivity index (χ0n) is 16.2. The number of esters is 1. The van der Waals surface area contributed by atoms with E-state index in [0.717, 1.165) is 11.0 Å². The van der Waals surface area contributed by atoms with Gasteiger partial charge in [-0.1, -0.05) is 12.1 Å². The number of aromatic amines is 2. The van der Waals surface area contributed by atoms with Crippen LogP contribution in [0.1, 0.15) is 57.8 Å². The number of fused-ring (bicyclic) bond motifs is 1. The summed E-state index contributed by atoms with van der Waals surface area (Å²) in [4.78, 5) is 47.0. The minimum absolute atomic E-state index is 0.0941. The molecule has 0 spiro atoms. The number of ketones is 1. The fraction of sp³-hybridized carbons (Fsp3) is 0.300. The molecular weight excluding hydrogens is 360 g/mol. The Morgan fingerprint density at radius 1 is 1.21 bits per heavy atom. The smallest absolute Gasteiger partial charge is 0.339 e. The van der Waals surface area contributed by atoms with Gasteiger partial charge in [0, 0.05) is 12.6 Å². The van der Waals surface area contributed by atoms with Crippen molar-refractivity contribution in [2.45, 2.75) is 33.2 Å². The number of methoxy groups -OCH3 is 1. The van der Waals surface area contributed by atoms with Gasteiger partial charge in [0.25, 0.3) is 0 Å². The molecule has 1 atom stereocenters. The van der Waals surface area contributed by atoms with Crippen LogP contribution in [0.4, 0.5) is 0 Å². The standard InChI is InChI=1S/C20H22N4O4/c1-10-17(20(27)28-4)15(22-18(10)12(3)25)9-16(26)21-11(2)19-23-13-7-5-6-8-14(13)24-19/h5-8,11,22H,9H2,1-4H3,(H,21,26)(H,23,24). The van der Waals surface area contributed by atoms with E-state index in [4.69, 9.17) is 4.74 Å². The van der Waals surface area contributed by atoms with Gasteiger partial charge in [-0.3, -0.25) is 9.59 Å². The first-order chi connectivity index (χ1) is 13.3. The molecule has 0 aliphatic carbocycles. The average Bonchev–Trinajstić information content (AvgIpc) is 3.22. The van der Waals surface area contributed by atoms with Gasteiger partial charge in [0.2, 0.25) is 5.91 Å². The summed E-state index contributed by atoms with van der Waals surface area (Å²) in [6.07, 6.45) is -0.0941. The Morgan fingerprint density at radius 2 is 1.93 bits per heavy atom. The lowest BCUT2D eigenvalue weighted by atomic mass is 10.1.